The van der Waals surface area contributed by atoms with Crippen LogP contribution in [0.2, 0.25) is 0 Å². The average Bonchev–Trinajstić information content (AvgIpc) is 2.34. The summed E-state index contributed by atoms with van der Waals surface area (Å²) in [5.41, 5.74) is 0. The van der Waals surface area contributed by atoms with Gasteiger partial charge in [-0.1, -0.05) is 78.1 Å². The molecule has 0 heterocycles. The van der Waals surface area contributed by atoms with E-state index >= 15 is 0 Å². The molecule has 0 saturated carbocycles. The third kappa shape index (κ3) is 14.1. The second-order valence-corrected chi connectivity index (χ2v) is 7.21. The molecule has 5 heteroatoms. The maximum atomic E-state index is 11.0. The Kier molecular flexibility index (Phi) is 17.7. The summed E-state index contributed by atoms with van der Waals surface area (Å²) in [7, 11) is -3.83. The van der Waals surface area contributed by atoms with E-state index in [0.717, 1.165) is 12.8 Å². The summed E-state index contributed by atoms with van der Waals surface area (Å²) in [6.45, 7) is 4.05. The number of rotatable bonds is 13. The second-order valence-electron chi connectivity index (χ2n) is 5.52. The Balaban J connectivity index is 0. The zero-order valence-electron chi connectivity index (χ0n) is 13.4. The van der Waals surface area contributed by atoms with Gasteiger partial charge in [0.2, 0.25) is 0 Å². The molecule has 0 amide bonds. The van der Waals surface area contributed by atoms with Gasteiger partial charge in [0, 0.05) is 37.7 Å². The van der Waals surface area contributed by atoms with Crippen molar-refractivity contribution in [1.29, 1.82) is 0 Å². The van der Waals surface area contributed by atoms with Crippen molar-refractivity contribution in [3.63, 3.8) is 0 Å². The van der Waals surface area contributed by atoms with Crippen molar-refractivity contribution < 1.29 is 13.0 Å². The molecule has 0 aromatic heterocycles. The minimum atomic E-state index is -3.83. The summed E-state index contributed by atoms with van der Waals surface area (Å²) < 4.78 is 31.0. The molecular weight excluding hydrogens is 300 g/mol. The molecule has 0 aromatic rings. The Hall–Kier alpha value is 1.17. The van der Waals surface area contributed by atoms with Gasteiger partial charge in [0.25, 0.3) is 10.1 Å². The van der Waals surface area contributed by atoms with Gasteiger partial charge in [-0.15, -0.1) is 0 Å². The van der Waals surface area contributed by atoms with Crippen molar-refractivity contribution in [1.82, 2.24) is 0 Å². The van der Waals surface area contributed by atoms with E-state index in [-0.39, 0.29) is 37.7 Å². The summed E-state index contributed by atoms with van der Waals surface area (Å²) in [4.78, 5) is 0. The van der Waals surface area contributed by atoms with Crippen LogP contribution in [0, 0.1) is 0 Å². The monoisotopic (exact) mass is 332 g/mol. The molecule has 0 aliphatic rings. The van der Waals surface area contributed by atoms with E-state index < -0.39 is 15.4 Å². The minimum Gasteiger partial charge on any atom is -0.285 e. The van der Waals surface area contributed by atoms with Crippen LogP contribution in [0.15, 0.2) is 0 Å². The molecule has 3 nitrogen and oxygen atoms in total. The zero-order chi connectivity index (χ0) is 14.6. The standard InChI is InChI=1S/C15H32O3S.Ca/c1-3-5-6-7-8-9-10-11-12-13-14-15(4-2)19(16,17)18;/h15H,3-14H2,1-2H3,(H,16,17,18);. The van der Waals surface area contributed by atoms with Gasteiger partial charge in [-0.25, -0.2) is 0 Å². The van der Waals surface area contributed by atoms with Crippen LogP contribution < -0.4 is 0 Å². The molecule has 1 atom stereocenters. The Morgan fingerprint density at radius 3 is 1.55 bits per heavy atom. The van der Waals surface area contributed by atoms with Gasteiger partial charge in [0.1, 0.15) is 0 Å². The maximum absolute atomic E-state index is 11.0. The fourth-order valence-corrected chi connectivity index (χ4v) is 3.31. The van der Waals surface area contributed by atoms with Crippen LogP contribution in [-0.2, 0) is 10.1 Å². The van der Waals surface area contributed by atoms with Crippen LogP contribution in [0.4, 0.5) is 0 Å². The molecule has 0 aliphatic carbocycles. The first-order chi connectivity index (χ1) is 9.02. The first-order valence-corrected chi connectivity index (χ1v) is 9.49. The Labute approximate surface area is 156 Å². The van der Waals surface area contributed by atoms with Crippen molar-refractivity contribution in [3.05, 3.63) is 0 Å². The molecule has 2 radical (unpaired) electrons. The minimum absolute atomic E-state index is 0. The fourth-order valence-electron chi connectivity index (χ4n) is 2.42. The van der Waals surface area contributed by atoms with Gasteiger partial charge in [-0.05, 0) is 12.8 Å². The zero-order valence-corrected chi connectivity index (χ0v) is 16.5. The van der Waals surface area contributed by atoms with Crippen molar-refractivity contribution >= 4 is 47.9 Å². The molecule has 118 valence electrons. The summed E-state index contributed by atoms with van der Waals surface area (Å²) in [5.74, 6) is 0. The van der Waals surface area contributed by atoms with Crippen LogP contribution in [0.25, 0.3) is 0 Å². The first-order valence-electron chi connectivity index (χ1n) is 7.98. The van der Waals surface area contributed by atoms with Crippen LogP contribution in [0.3, 0.4) is 0 Å². The summed E-state index contributed by atoms with van der Waals surface area (Å²) in [5, 5.41) is -0.554. The summed E-state index contributed by atoms with van der Waals surface area (Å²) in [6, 6.07) is 0. The van der Waals surface area contributed by atoms with E-state index in [9.17, 15) is 8.42 Å². The fraction of sp³-hybridized carbons (Fsp3) is 1.00. The van der Waals surface area contributed by atoms with E-state index in [1.54, 1.807) is 0 Å². The molecule has 0 saturated heterocycles. The van der Waals surface area contributed by atoms with E-state index in [2.05, 4.69) is 6.92 Å². The molecule has 20 heavy (non-hydrogen) atoms. The molecule has 0 spiro atoms. The third-order valence-corrected chi connectivity index (χ3v) is 5.17. The van der Waals surface area contributed by atoms with Gasteiger partial charge < -0.3 is 0 Å². The predicted octanol–water partition coefficient (Wildman–Crippen LogP) is 4.58. The van der Waals surface area contributed by atoms with Crippen LogP contribution in [0.5, 0.6) is 0 Å². The van der Waals surface area contributed by atoms with Crippen molar-refractivity contribution in [3.8, 4) is 0 Å². The average molecular weight is 333 g/mol. The number of hydrogen-bond acceptors (Lipinski definition) is 2. The quantitative estimate of drug-likeness (QED) is 0.305. The Bertz CT molecular complexity index is 291. The van der Waals surface area contributed by atoms with Gasteiger partial charge in [0.15, 0.2) is 0 Å². The largest absolute Gasteiger partial charge is 0.285 e. The van der Waals surface area contributed by atoms with Crippen molar-refractivity contribution in [2.45, 2.75) is 96.1 Å². The van der Waals surface area contributed by atoms with Crippen LogP contribution in [-0.4, -0.2) is 56.0 Å². The molecular formula is C15H32CaO3S. The molecule has 0 fully saturated rings. The summed E-state index contributed by atoms with van der Waals surface area (Å²) in [6.07, 6.45) is 13.6. The van der Waals surface area contributed by atoms with Crippen molar-refractivity contribution in [2.75, 3.05) is 0 Å². The molecule has 0 aliphatic heterocycles. The van der Waals surface area contributed by atoms with Crippen LogP contribution >= 0.6 is 0 Å². The Morgan fingerprint density at radius 2 is 1.20 bits per heavy atom. The van der Waals surface area contributed by atoms with E-state index in [1.165, 1.54) is 51.4 Å². The predicted molar refractivity (Wildman–Crippen MR) is 87.8 cm³/mol. The summed E-state index contributed by atoms with van der Waals surface area (Å²) >= 11 is 0. The van der Waals surface area contributed by atoms with Crippen molar-refractivity contribution in [2.24, 2.45) is 0 Å². The number of hydrogen-bond donors (Lipinski definition) is 1. The molecule has 1 N–H and O–H groups in total. The van der Waals surface area contributed by atoms with Gasteiger partial charge in [0.05, 0.1) is 5.25 Å². The first kappa shape index (κ1) is 23.4. The maximum Gasteiger partial charge on any atom is 0.267 e. The molecule has 1 unspecified atom stereocenters. The Morgan fingerprint density at radius 1 is 0.800 bits per heavy atom. The molecule has 0 bridgehead atoms. The van der Waals surface area contributed by atoms with Gasteiger partial charge >= 0.3 is 0 Å². The topological polar surface area (TPSA) is 54.4 Å². The third-order valence-electron chi connectivity index (χ3n) is 3.76. The van der Waals surface area contributed by atoms with Gasteiger partial charge in [-0.2, -0.15) is 8.42 Å². The smallest absolute Gasteiger partial charge is 0.267 e. The van der Waals surface area contributed by atoms with Crippen LogP contribution in [0.1, 0.15) is 90.9 Å². The molecule has 0 rings (SSSR count). The van der Waals surface area contributed by atoms with E-state index in [1.807, 2.05) is 6.92 Å². The SMILES string of the molecule is CCCCCCCCCCCCC(CC)S(=O)(=O)O.[Ca]. The second kappa shape index (κ2) is 15.1. The van der Waals surface area contributed by atoms with E-state index in [0.29, 0.717) is 12.8 Å². The number of unbranched alkanes of at least 4 members (excludes halogenated alkanes) is 9. The molecule has 0 aromatic carbocycles. The van der Waals surface area contributed by atoms with E-state index in [4.69, 9.17) is 4.55 Å². The normalized spacial score (nSPS) is 12.9. The van der Waals surface area contributed by atoms with Gasteiger partial charge in [-0.3, -0.25) is 4.55 Å².